The van der Waals surface area contributed by atoms with Gasteiger partial charge in [-0.3, -0.25) is 15.0 Å². The van der Waals surface area contributed by atoms with Crippen LogP contribution in [0.3, 0.4) is 0 Å². The van der Waals surface area contributed by atoms with E-state index in [1.165, 1.54) is 6.33 Å². The van der Waals surface area contributed by atoms with Crippen LogP contribution in [0, 0.1) is 0 Å². The Hall–Kier alpha value is -4.01. The number of fused-ring (bicyclic) bond motifs is 1. The molecule has 0 unspecified atom stereocenters. The van der Waals surface area contributed by atoms with E-state index in [2.05, 4.69) is 30.7 Å². The van der Waals surface area contributed by atoms with Crippen molar-refractivity contribution in [1.29, 1.82) is 0 Å². The number of carbonyl (C=O) groups is 2. The van der Waals surface area contributed by atoms with Gasteiger partial charge in [0.2, 0.25) is 0 Å². The van der Waals surface area contributed by atoms with Gasteiger partial charge < -0.3 is 10.4 Å². The molecule has 4 aromatic rings. The van der Waals surface area contributed by atoms with Crippen LogP contribution in [0.1, 0.15) is 0 Å². The number of rotatable bonds is 3. The molecule has 1 amide bonds. The van der Waals surface area contributed by atoms with E-state index in [1.807, 2.05) is 24.3 Å². The second-order valence-corrected chi connectivity index (χ2v) is 5.50. The summed E-state index contributed by atoms with van der Waals surface area (Å²) in [6, 6.07) is 12.5. The fourth-order valence-corrected chi connectivity index (χ4v) is 2.65. The van der Waals surface area contributed by atoms with E-state index in [4.69, 9.17) is 5.11 Å². The van der Waals surface area contributed by atoms with E-state index in [0.717, 1.165) is 22.0 Å². The van der Waals surface area contributed by atoms with Crippen LogP contribution < -0.4 is 5.32 Å². The predicted molar refractivity (Wildman–Crippen MR) is 93.2 cm³/mol. The van der Waals surface area contributed by atoms with Gasteiger partial charge in [-0.05, 0) is 30.3 Å². The zero-order valence-electron chi connectivity index (χ0n) is 13.2. The Morgan fingerprint density at radius 3 is 2.69 bits per heavy atom. The Bertz CT molecular complexity index is 1120. The Morgan fingerprint density at radius 1 is 1.04 bits per heavy atom. The van der Waals surface area contributed by atoms with Gasteiger partial charge in [0.1, 0.15) is 6.33 Å². The lowest BCUT2D eigenvalue weighted by atomic mass is 10.0. The fourth-order valence-electron chi connectivity index (χ4n) is 2.65. The largest absolute Gasteiger partial charge is 0.474 e. The van der Waals surface area contributed by atoms with Gasteiger partial charge in [0.05, 0.1) is 11.2 Å². The quantitative estimate of drug-likeness (QED) is 0.418. The SMILES string of the molecule is O=C(O)C(=O)Nc1cccc(-c2n[nH]c3ccc(-c4nc[nH]n4)cc23)c1. The molecule has 0 spiro atoms. The van der Waals surface area contributed by atoms with Crippen molar-refractivity contribution < 1.29 is 14.7 Å². The summed E-state index contributed by atoms with van der Waals surface area (Å²) in [5.41, 5.74) is 3.43. The minimum Gasteiger partial charge on any atom is -0.474 e. The van der Waals surface area contributed by atoms with Gasteiger partial charge in [-0.25, -0.2) is 9.78 Å². The molecule has 0 aliphatic rings. The summed E-state index contributed by atoms with van der Waals surface area (Å²) < 4.78 is 0. The normalized spacial score (nSPS) is 10.8. The van der Waals surface area contributed by atoms with Gasteiger partial charge in [0, 0.05) is 22.2 Å². The molecule has 4 rings (SSSR count). The number of aliphatic carboxylic acids is 1. The lowest BCUT2D eigenvalue weighted by Gasteiger charge is -2.05. The average molecular weight is 348 g/mol. The first-order valence-corrected chi connectivity index (χ1v) is 7.61. The highest BCUT2D eigenvalue weighted by molar-refractivity contribution is 6.36. The monoisotopic (exact) mass is 348 g/mol. The third-order valence-corrected chi connectivity index (χ3v) is 3.82. The van der Waals surface area contributed by atoms with E-state index in [0.29, 0.717) is 17.2 Å². The number of aromatic amines is 2. The molecule has 2 heterocycles. The maximum absolute atomic E-state index is 11.3. The Kier molecular flexibility index (Phi) is 3.66. The van der Waals surface area contributed by atoms with E-state index in [9.17, 15) is 9.59 Å². The number of aromatic nitrogens is 5. The summed E-state index contributed by atoms with van der Waals surface area (Å²) >= 11 is 0. The molecular weight excluding hydrogens is 336 g/mol. The molecule has 0 aliphatic heterocycles. The Morgan fingerprint density at radius 2 is 1.92 bits per heavy atom. The second-order valence-electron chi connectivity index (χ2n) is 5.50. The number of carbonyl (C=O) groups excluding carboxylic acids is 1. The zero-order valence-corrected chi connectivity index (χ0v) is 13.2. The topological polar surface area (TPSA) is 137 Å². The van der Waals surface area contributed by atoms with Crippen molar-refractivity contribution in [1.82, 2.24) is 25.4 Å². The molecule has 0 saturated heterocycles. The molecular formula is C17H12N6O3. The fraction of sp³-hybridized carbons (Fsp3) is 0. The van der Waals surface area contributed by atoms with Crippen LogP contribution in [0.5, 0.6) is 0 Å². The summed E-state index contributed by atoms with van der Waals surface area (Å²) in [5, 5.41) is 25.9. The standard InChI is InChI=1S/C17H12N6O3/c24-16(17(25)26)20-11-3-1-2-9(6-11)14-12-7-10(15-18-8-19-23-15)4-5-13(12)21-22-14/h1-8H,(H,20,24)(H,21,22)(H,25,26)(H,18,19,23). The lowest BCUT2D eigenvalue weighted by Crippen LogP contribution is -2.21. The molecule has 26 heavy (non-hydrogen) atoms. The van der Waals surface area contributed by atoms with Crippen molar-refractivity contribution in [3.8, 4) is 22.6 Å². The average Bonchev–Trinajstić information content (AvgIpc) is 3.31. The highest BCUT2D eigenvalue weighted by atomic mass is 16.4. The molecule has 2 aromatic heterocycles. The van der Waals surface area contributed by atoms with Crippen LogP contribution in [0.25, 0.3) is 33.5 Å². The summed E-state index contributed by atoms with van der Waals surface area (Å²) in [6.45, 7) is 0. The molecule has 0 saturated carbocycles. The third-order valence-electron chi connectivity index (χ3n) is 3.82. The minimum absolute atomic E-state index is 0.371. The Balaban J connectivity index is 1.76. The predicted octanol–water partition coefficient (Wildman–Crippen LogP) is 2.04. The maximum atomic E-state index is 11.3. The number of carboxylic acid groups (broad SMARTS) is 1. The van der Waals surface area contributed by atoms with Crippen molar-refractivity contribution in [2.24, 2.45) is 0 Å². The first-order valence-electron chi connectivity index (χ1n) is 7.61. The molecule has 9 nitrogen and oxygen atoms in total. The van der Waals surface area contributed by atoms with Gasteiger partial charge in [0.15, 0.2) is 5.82 Å². The van der Waals surface area contributed by atoms with Crippen LogP contribution in [0.15, 0.2) is 48.8 Å². The first kappa shape index (κ1) is 15.5. The number of carboxylic acids is 1. The minimum atomic E-state index is -1.54. The molecule has 2 aromatic carbocycles. The number of anilines is 1. The van der Waals surface area contributed by atoms with Gasteiger partial charge >= 0.3 is 11.9 Å². The van der Waals surface area contributed by atoms with Crippen molar-refractivity contribution in [3.63, 3.8) is 0 Å². The number of H-pyrrole nitrogens is 2. The van der Waals surface area contributed by atoms with Gasteiger partial charge in [-0.2, -0.15) is 10.2 Å². The van der Waals surface area contributed by atoms with E-state index >= 15 is 0 Å². The number of benzene rings is 2. The number of nitrogens with one attached hydrogen (secondary N) is 3. The number of amides is 1. The summed E-state index contributed by atoms with van der Waals surface area (Å²) in [7, 11) is 0. The molecule has 4 N–H and O–H groups in total. The molecule has 0 bridgehead atoms. The summed E-state index contributed by atoms with van der Waals surface area (Å²) in [6.07, 6.45) is 1.50. The molecule has 0 aliphatic carbocycles. The summed E-state index contributed by atoms with van der Waals surface area (Å²) in [4.78, 5) is 26.2. The number of hydrogen-bond donors (Lipinski definition) is 4. The van der Waals surface area contributed by atoms with Crippen LogP contribution in [0.2, 0.25) is 0 Å². The molecule has 0 radical (unpaired) electrons. The Labute approximate surface area is 146 Å². The lowest BCUT2D eigenvalue weighted by molar-refractivity contribution is -0.147. The third kappa shape index (κ3) is 2.77. The molecule has 9 heteroatoms. The smallest absolute Gasteiger partial charge is 0.394 e. The van der Waals surface area contributed by atoms with Gasteiger partial charge in [-0.15, -0.1) is 0 Å². The van der Waals surface area contributed by atoms with Crippen molar-refractivity contribution >= 4 is 28.5 Å². The first-order chi connectivity index (χ1) is 12.6. The second kappa shape index (κ2) is 6.13. The highest BCUT2D eigenvalue weighted by Crippen LogP contribution is 2.30. The molecule has 0 atom stereocenters. The highest BCUT2D eigenvalue weighted by Gasteiger charge is 2.14. The summed E-state index contributed by atoms with van der Waals surface area (Å²) in [5.74, 6) is -2.07. The van der Waals surface area contributed by atoms with Crippen LogP contribution in [-0.4, -0.2) is 42.4 Å². The van der Waals surface area contributed by atoms with Crippen LogP contribution >= 0.6 is 0 Å². The van der Waals surface area contributed by atoms with E-state index < -0.39 is 11.9 Å². The van der Waals surface area contributed by atoms with E-state index in [1.54, 1.807) is 18.2 Å². The van der Waals surface area contributed by atoms with E-state index in [-0.39, 0.29) is 0 Å². The maximum Gasteiger partial charge on any atom is 0.394 e. The zero-order chi connectivity index (χ0) is 18.1. The van der Waals surface area contributed by atoms with Crippen LogP contribution in [0.4, 0.5) is 5.69 Å². The number of nitrogens with zero attached hydrogens (tertiary/aromatic N) is 3. The van der Waals surface area contributed by atoms with Crippen molar-refractivity contribution in [2.45, 2.75) is 0 Å². The number of hydrogen-bond acceptors (Lipinski definition) is 5. The van der Waals surface area contributed by atoms with Crippen LogP contribution in [-0.2, 0) is 9.59 Å². The molecule has 128 valence electrons. The van der Waals surface area contributed by atoms with Gasteiger partial charge in [-0.1, -0.05) is 12.1 Å². The van der Waals surface area contributed by atoms with Crippen molar-refractivity contribution in [2.75, 3.05) is 5.32 Å². The van der Waals surface area contributed by atoms with Gasteiger partial charge in [0.25, 0.3) is 0 Å². The van der Waals surface area contributed by atoms with Crippen molar-refractivity contribution in [3.05, 3.63) is 48.8 Å². The molecule has 0 fully saturated rings.